The molecule has 1 aromatic heterocycles. The van der Waals surface area contributed by atoms with E-state index in [-0.39, 0.29) is 18.6 Å². The SMILES string of the molecule is COCC(=O)N1CCN(Cc2ccccc2)CC1c1nc2ccccc2[nH]1. The van der Waals surface area contributed by atoms with Gasteiger partial charge in [-0.25, -0.2) is 4.98 Å². The Morgan fingerprint density at radius 1 is 1.15 bits per heavy atom. The van der Waals surface area contributed by atoms with Crippen LogP contribution in [-0.2, 0) is 16.1 Å². The zero-order valence-corrected chi connectivity index (χ0v) is 15.5. The maximum atomic E-state index is 12.6. The first-order valence-corrected chi connectivity index (χ1v) is 9.24. The number of benzene rings is 2. The van der Waals surface area contributed by atoms with E-state index in [2.05, 4.69) is 34.1 Å². The molecule has 0 bridgehead atoms. The van der Waals surface area contributed by atoms with Gasteiger partial charge < -0.3 is 14.6 Å². The molecule has 27 heavy (non-hydrogen) atoms. The Morgan fingerprint density at radius 3 is 2.70 bits per heavy atom. The van der Waals surface area contributed by atoms with E-state index in [4.69, 9.17) is 9.72 Å². The smallest absolute Gasteiger partial charge is 0.249 e. The number of carbonyl (C=O) groups excluding carboxylic acids is 1. The van der Waals surface area contributed by atoms with E-state index in [1.165, 1.54) is 5.56 Å². The van der Waals surface area contributed by atoms with Crippen LogP contribution < -0.4 is 0 Å². The van der Waals surface area contributed by atoms with Gasteiger partial charge in [-0.1, -0.05) is 42.5 Å². The number of hydrogen-bond donors (Lipinski definition) is 1. The van der Waals surface area contributed by atoms with Gasteiger partial charge in [0.1, 0.15) is 18.5 Å². The van der Waals surface area contributed by atoms with Crippen molar-refractivity contribution in [1.29, 1.82) is 0 Å². The Labute approximate surface area is 158 Å². The Bertz CT molecular complexity index is 876. The van der Waals surface area contributed by atoms with E-state index < -0.39 is 0 Å². The fourth-order valence-electron chi connectivity index (χ4n) is 3.69. The number of aromatic amines is 1. The van der Waals surface area contributed by atoms with Crippen LogP contribution in [0.2, 0.25) is 0 Å². The second-order valence-corrected chi connectivity index (χ2v) is 6.90. The molecule has 2 aromatic carbocycles. The van der Waals surface area contributed by atoms with Gasteiger partial charge in [-0.05, 0) is 17.7 Å². The molecule has 1 aliphatic rings. The van der Waals surface area contributed by atoms with Gasteiger partial charge in [-0.2, -0.15) is 0 Å². The summed E-state index contributed by atoms with van der Waals surface area (Å²) in [4.78, 5) is 25.0. The minimum atomic E-state index is -0.113. The summed E-state index contributed by atoms with van der Waals surface area (Å²) in [6.07, 6.45) is 0. The van der Waals surface area contributed by atoms with Gasteiger partial charge in [-0.3, -0.25) is 9.69 Å². The predicted octanol–water partition coefficient (Wildman–Crippen LogP) is 2.59. The first kappa shape index (κ1) is 17.7. The summed E-state index contributed by atoms with van der Waals surface area (Å²) in [6.45, 7) is 3.20. The largest absolute Gasteiger partial charge is 0.375 e. The molecule has 1 aliphatic heterocycles. The van der Waals surface area contributed by atoms with Gasteiger partial charge in [0.05, 0.1) is 11.0 Å². The molecule has 1 saturated heterocycles. The van der Waals surface area contributed by atoms with Crippen molar-refractivity contribution in [3.05, 3.63) is 66.0 Å². The van der Waals surface area contributed by atoms with E-state index in [1.54, 1.807) is 7.11 Å². The van der Waals surface area contributed by atoms with Crippen LogP contribution in [0.3, 0.4) is 0 Å². The number of aromatic nitrogens is 2. The van der Waals surface area contributed by atoms with Crippen LogP contribution in [0.5, 0.6) is 0 Å². The third-order valence-electron chi connectivity index (χ3n) is 5.02. The Hall–Kier alpha value is -2.70. The van der Waals surface area contributed by atoms with Crippen LogP contribution in [0, 0.1) is 0 Å². The molecule has 0 radical (unpaired) electrons. The molecular formula is C21H24N4O2. The number of nitrogens with zero attached hydrogens (tertiary/aromatic N) is 3. The number of imidazole rings is 1. The minimum absolute atomic E-state index is 0.00215. The van der Waals surface area contributed by atoms with Gasteiger partial charge in [0, 0.05) is 33.3 Å². The third kappa shape index (κ3) is 3.86. The van der Waals surface area contributed by atoms with Gasteiger partial charge in [0.25, 0.3) is 0 Å². The van der Waals surface area contributed by atoms with Crippen molar-refractivity contribution in [2.75, 3.05) is 33.4 Å². The molecular weight excluding hydrogens is 340 g/mol. The number of amides is 1. The first-order chi connectivity index (χ1) is 13.2. The van der Waals surface area contributed by atoms with E-state index in [0.29, 0.717) is 6.54 Å². The average molecular weight is 364 g/mol. The van der Waals surface area contributed by atoms with Crippen molar-refractivity contribution in [3.8, 4) is 0 Å². The lowest BCUT2D eigenvalue weighted by Crippen LogP contribution is -2.51. The van der Waals surface area contributed by atoms with Gasteiger partial charge in [0.2, 0.25) is 5.91 Å². The standard InChI is InChI=1S/C21H24N4O2/c1-27-15-20(26)25-12-11-24(13-16-7-3-2-4-8-16)14-19(25)21-22-17-9-5-6-10-18(17)23-21/h2-10,19H,11-15H2,1H3,(H,22,23). The number of H-pyrrole nitrogens is 1. The number of rotatable bonds is 5. The lowest BCUT2D eigenvalue weighted by atomic mass is 10.1. The topological polar surface area (TPSA) is 61.5 Å². The summed E-state index contributed by atoms with van der Waals surface area (Å²) in [5, 5.41) is 0. The van der Waals surface area contributed by atoms with E-state index in [0.717, 1.165) is 36.5 Å². The van der Waals surface area contributed by atoms with Crippen LogP contribution >= 0.6 is 0 Å². The number of methoxy groups -OCH3 is 1. The normalized spacial score (nSPS) is 18.1. The number of fused-ring (bicyclic) bond motifs is 1. The maximum absolute atomic E-state index is 12.6. The summed E-state index contributed by atoms with van der Waals surface area (Å²) in [6, 6.07) is 18.3. The first-order valence-electron chi connectivity index (χ1n) is 9.24. The summed E-state index contributed by atoms with van der Waals surface area (Å²) in [7, 11) is 1.56. The summed E-state index contributed by atoms with van der Waals surface area (Å²) < 4.78 is 5.09. The van der Waals surface area contributed by atoms with Gasteiger partial charge in [0.15, 0.2) is 0 Å². The number of ether oxygens (including phenoxy) is 1. The highest BCUT2D eigenvalue weighted by atomic mass is 16.5. The molecule has 2 heterocycles. The Kier molecular flexibility index (Phi) is 5.18. The predicted molar refractivity (Wildman–Crippen MR) is 104 cm³/mol. The zero-order valence-electron chi connectivity index (χ0n) is 15.5. The summed E-state index contributed by atoms with van der Waals surface area (Å²) in [5.41, 5.74) is 3.19. The maximum Gasteiger partial charge on any atom is 0.249 e. The van der Waals surface area contributed by atoms with Crippen molar-refractivity contribution >= 4 is 16.9 Å². The quantitative estimate of drug-likeness (QED) is 0.756. The zero-order chi connectivity index (χ0) is 18.6. The van der Waals surface area contributed by atoms with Crippen molar-refractivity contribution in [2.45, 2.75) is 12.6 Å². The van der Waals surface area contributed by atoms with Crippen molar-refractivity contribution < 1.29 is 9.53 Å². The molecule has 140 valence electrons. The van der Waals surface area contributed by atoms with Crippen molar-refractivity contribution in [2.24, 2.45) is 0 Å². The van der Waals surface area contributed by atoms with Crippen LogP contribution in [0.1, 0.15) is 17.4 Å². The molecule has 4 rings (SSSR count). The number of para-hydroxylation sites is 2. The molecule has 0 saturated carbocycles. The Morgan fingerprint density at radius 2 is 1.93 bits per heavy atom. The molecule has 3 aromatic rings. The number of piperazine rings is 1. The van der Waals surface area contributed by atoms with E-state index in [1.807, 2.05) is 35.2 Å². The summed E-state index contributed by atoms with van der Waals surface area (Å²) in [5.74, 6) is 0.834. The lowest BCUT2D eigenvalue weighted by molar-refractivity contribution is -0.140. The van der Waals surface area contributed by atoms with Crippen LogP contribution in [0.15, 0.2) is 54.6 Å². The monoisotopic (exact) mass is 364 g/mol. The molecule has 6 heteroatoms. The van der Waals surface area contributed by atoms with Crippen molar-refractivity contribution in [1.82, 2.24) is 19.8 Å². The van der Waals surface area contributed by atoms with E-state index in [9.17, 15) is 4.79 Å². The third-order valence-corrected chi connectivity index (χ3v) is 5.02. The Balaban J connectivity index is 1.60. The van der Waals surface area contributed by atoms with Crippen LogP contribution in [0.25, 0.3) is 11.0 Å². The van der Waals surface area contributed by atoms with Gasteiger partial charge >= 0.3 is 0 Å². The number of nitrogens with one attached hydrogen (secondary N) is 1. The molecule has 1 N–H and O–H groups in total. The molecule has 1 atom stereocenters. The molecule has 1 fully saturated rings. The highest BCUT2D eigenvalue weighted by molar-refractivity contribution is 5.79. The molecule has 1 amide bonds. The second-order valence-electron chi connectivity index (χ2n) is 6.90. The summed E-state index contributed by atoms with van der Waals surface area (Å²) >= 11 is 0. The van der Waals surface area contributed by atoms with Gasteiger partial charge in [-0.15, -0.1) is 0 Å². The minimum Gasteiger partial charge on any atom is -0.375 e. The van der Waals surface area contributed by atoms with E-state index >= 15 is 0 Å². The fourth-order valence-corrected chi connectivity index (χ4v) is 3.69. The molecule has 1 unspecified atom stereocenters. The van der Waals surface area contributed by atoms with Crippen LogP contribution in [-0.4, -0.2) is 59.0 Å². The average Bonchev–Trinajstić information content (AvgIpc) is 3.13. The molecule has 0 spiro atoms. The fraction of sp³-hybridized carbons (Fsp3) is 0.333. The molecule has 6 nitrogen and oxygen atoms in total. The molecule has 0 aliphatic carbocycles. The van der Waals surface area contributed by atoms with Crippen molar-refractivity contribution in [3.63, 3.8) is 0 Å². The lowest BCUT2D eigenvalue weighted by Gasteiger charge is -2.40. The highest BCUT2D eigenvalue weighted by Gasteiger charge is 2.33. The van der Waals surface area contributed by atoms with Crippen LogP contribution in [0.4, 0.5) is 0 Å². The second kappa shape index (κ2) is 7.90. The number of carbonyl (C=O) groups is 1. The number of hydrogen-bond acceptors (Lipinski definition) is 4. The highest BCUT2D eigenvalue weighted by Crippen LogP contribution is 2.26.